The molecule has 0 aromatic carbocycles. The zero-order chi connectivity index (χ0) is 11.6. The third-order valence-corrected chi connectivity index (χ3v) is 4.26. The van der Waals surface area contributed by atoms with E-state index in [-0.39, 0.29) is 11.6 Å². The van der Waals surface area contributed by atoms with Gasteiger partial charge in [0.15, 0.2) is 0 Å². The topological polar surface area (TPSA) is 48.1 Å². The summed E-state index contributed by atoms with van der Waals surface area (Å²) in [7, 11) is 0. The van der Waals surface area contributed by atoms with Crippen LogP contribution in [0.2, 0.25) is 0 Å². The molecule has 0 aliphatic heterocycles. The Labute approximate surface area is 101 Å². The van der Waals surface area contributed by atoms with E-state index in [1.807, 2.05) is 6.92 Å². The summed E-state index contributed by atoms with van der Waals surface area (Å²) in [4.78, 5) is 4.65. The Balaban J connectivity index is 2.24. The Morgan fingerprint density at radius 1 is 1.56 bits per heavy atom. The van der Waals surface area contributed by atoms with E-state index in [4.69, 9.17) is 10.5 Å². The molecule has 0 saturated heterocycles. The van der Waals surface area contributed by atoms with Gasteiger partial charge in [-0.1, -0.05) is 12.8 Å². The van der Waals surface area contributed by atoms with Crippen molar-refractivity contribution in [3.8, 4) is 0 Å². The number of hydrogen-bond donors (Lipinski definition) is 1. The van der Waals surface area contributed by atoms with Gasteiger partial charge in [-0.2, -0.15) is 0 Å². The molecule has 90 valence electrons. The van der Waals surface area contributed by atoms with Gasteiger partial charge in [-0.15, -0.1) is 11.3 Å². The second kappa shape index (κ2) is 4.82. The highest BCUT2D eigenvalue weighted by molar-refractivity contribution is 7.09. The molecule has 1 atom stereocenters. The minimum absolute atomic E-state index is 0.0186. The molecule has 1 aromatic rings. The van der Waals surface area contributed by atoms with E-state index in [0.29, 0.717) is 0 Å². The van der Waals surface area contributed by atoms with E-state index in [1.54, 1.807) is 11.3 Å². The predicted octanol–water partition coefficient (Wildman–Crippen LogP) is 2.97. The lowest BCUT2D eigenvalue weighted by molar-refractivity contribution is -0.0392. The van der Waals surface area contributed by atoms with Gasteiger partial charge < -0.3 is 10.5 Å². The highest BCUT2D eigenvalue weighted by Gasteiger charge is 2.39. The lowest BCUT2D eigenvalue weighted by Crippen LogP contribution is -2.26. The molecule has 1 fully saturated rings. The van der Waals surface area contributed by atoms with Crippen molar-refractivity contribution in [2.24, 2.45) is 5.73 Å². The normalized spacial score (nSPS) is 21.2. The summed E-state index contributed by atoms with van der Waals surface area (Å²) in [6.07, 6.45) is 4.69. The van der Waals surface area contributed by atoms with Gasteiger partial charge in [0.1, 0.15) is 10.6 Å². The second-order valence-corrected chi connectivity index (χ2v) is 5.36. The lowest BCUT2D eigenvalue weighted by atomic mass is 10.0. The van der Waals surface area contributed by atoms with Gasteiger partial charge in [-0.3, -0.25) is 0 Å². The predicted molar refractivity (Wildman–Crippen MR) is 66.5 cm³/mol. The fourth-order valence-electron chi connectivity index (χ4n) is 2.35. The van der Waals surface area contributed by atoms with Crippen molar-refractivity contribution in [3.05, 3.63) is 16.1 Å². The SMILES string of the molecule is CCOC1(c2nc(C(C)N)cs2)CCCC1. The molecule has 4 heteroatoms. The first kappa shape index (κ1) is 12.0. The number of thiazole rings is 1. The van der Waals surface area contributed by atoms with Crippen molar-refractivity contribution < 1.29 is 4.74 Å². The summed E-state index contributed by atoms with van der Waals surface area (Å²) in [5, 5.41) is 3.19. The van der Waals surface area contributed by atoms with Gasteiger partial charge >= 0.3 is 0 Å². The Morgan fingerprint density at radius 3 is 2.75 bits per heavy atom. The zero-order valence-electron chi connectivity index (χ0n) is 10.0. The maximum atomic E-state index is 5.98. The lowest BCUT2D eigenvalue weighted by Gasteiger charge is -2.26. The highest BCUT2D eigenvalue weighted by Crippen LogP contribution is 2.43. The average molecular weight is 240 g/mol. The minimum Gasteiger partial charge on any atom is -0.368 e. The summed E-state index contributed by atoms with van der Waals surface area (Å²) in [6, 6.07) is 0.0186. The van der Waals surface area contributed by atoms with E-state index >= 15 is 0 Å². The molecule has 0 bridgehead atoms. The van der Waals surface area contributed by atoms with Crippen LogP contribution in [0, 0.1) is 0 Å². The number of ether oxygens (including phenoxy) is 1. The Bertz CT molecular complexity index is 343. The number of hydrogen-bond acceptors (Lipinski definition) is 4. The molecular formula is C12H20N2OS. The molecule has 16 heavy (non-hydrogen) atoms. The van der Waals surface area contributed by atoms with Crippen molar-refractivity contribution in [2.75, 3.05) is 6.61 Å². The Hall–Kier alpha value is -0.450. The number of aromatic nitrogens is 1. The first-order valence-electron chi connectivity index (χ1n) is 6.03. The van der Waals surface area contributed by atoms with Crippen LogP contribution in [0.3, 0.4) is 0 Å². The molecule has 0 amide bonds. The van der Waals surface area contributed by atoms with E-state index in [2.05, 4.69) is 17.3 Å². The van der Waals surface area contributed by atoms with E-state index in [1.165, 1.54) is 12.8 Å². The van der Waals surface area contributed by atoms with Crippen molar-refractivity contribution in [1.29, 1.82) is 0 Å². The first-order valence-corrected chi connectivity index (χ1v) is 6.91. The molecule has 3 nitrogen and oxygen atoms in total. The fraction of sp³-hybridized carbons (Fsp3) is 0.750. The van der Waals surface area contributed by atoms with Gasteiger partial charge in [-0.25, -0.2) is 4.98 Å². The number of nitrogens with zero attached hydrogens (tertiary/aromatic N) is 1. The van der Waals surface area contributed by atoms with Crippen LogP contribution in [0.1, 0.15) is 56.3 Å². The molecular weight excluding hydrogens is 220 g/mol. The van der Waals surface area contributed by atoms with Crippen molar-refractivity contribution >= 4 is 11.3 Å². The van der Waals surface area contributed by atoms with Gasteiger partial charge in [0.2, 0.25) is 0 Å². The molecule has 0 spiro atoms. The molecule has 1 saturated carbocycles. The van der Waals surface area contributed by atoms with Crippen LogP contribution in [0.25, 0.3) is 0 Å². The largest absolute Gasteiger partial charge is 0.368 e. The monoisotopic (exact) mass is 240 g/mol. The molecule has 1 heterocycles. The van der Waals surface area contributed by atoms with E-state index < -0.39 is 0 Å². The van der Waals surface area contributed by atoms with E-state index in [9.17, 15) is 0 Å². The maximum Gasteiger partial charge on any atom is 0.125 e. The summed E-state index contributed by atoms with van der Waals surface area (Å²) in [5.74, 6) is 0. The molecule has 1 unspecified atom stereocenters. The van der Waals surface area contributed by atoms with Crippen LogP contribution >= 0.6 is 11.3 Å². The summed E-state index contributed by atoms with van der Waals surface area (Å²) < 4.78 is 5.98. The van der Waals surface area contributed by atoms with Crippen LogP contribution < -0.4 is 5.73 Å². The molecule has 1 aromatic heterocycles. The standard InChI is InChI=1S/C12H20N2OS/c1-3-15-12(6-4-5-7-12)11-14-10(8-16-11)9(2)13/h8-9H,3-7,13H2,1-2H3. The quantitative estimate of drug-likeness (QED) is 0.880. The van der Waals surface area contributed by atoms with E-state index in [0.717, 1.165) is 30.2 Å². The third kappa shape index (κ3) is 2.14. The second-order valence-electron chi connectivity index (χ2n) is 4.50. The van der Waals surface area contributed by atoms with Crippen LogP contribution in [0.5, 0.6) is 0 Å². The van der Waals surface area contributed by atoms with Gasteiger partial charge in [-0.05, 0) is 26.7 Å². The highest BCUT2D eigenvalue weighted by atomic mass is 32.1. The number of rotatable bonds is 4. The summed E-state index contributed by atoms with van der Waals surface area (Å²) in [6.45, 7) is 4.79. The molecule has 0 radical (unpaired) electrons. The van der Waals surface area contributed by atoms with Gasteiger partial charge in [0.25, 0.3) is 0 Å². The van der Waals surface area contributed by atoms with Crippen LogP contribution in [0.4, 0.5) is 0 Å². The third-order valence-electron chi connectivity index (χ3n) is 3.21. The van der Waals surface area contributed by atoms with Gasteiger partial charge in [0.05, 0.1) is 5.69 Å². The molecule has 2 rings (SSSR count). The Morgan fingerprint density at radius 2 is 2.25 bits per heavy atom. The molecule has 2 N–H and O–H groups in total. The van der Waals surface area contributed by atoms with Crippen molar-refractivity contribution in [2.45, 2.75) is 51.2 Å². The van der Waals surface area contributed by atoms with Gasteiger partial charge in [0, 0.05) is 18.0 Å². The van der Waals surface area contributed by atoms with Crippen LogP contribution in [0.15, 0.2) is 5.38 Å². The van der Waals surface area contributed by atoms with Crippen molar-refractivity contribution in [3.63, 3.8) is 0 Å². The van der Waals surface area contributed by atoms with Crippen LogP contribution in [-0.4, -0.2) is 11.6 Å². The summed E-state index contributed by atoms with van der Waals surface area (Å²) in [5.41, 5.74) is 6.73. The zero-order valence-corrected chi connectivity index (χ0v) is 10.8. The minimum atomic E-state index is -0.105. The first-order chi connectivity index (χ1) is 7.68. The molecule has 1 aliphatic carbocycles. The average Bonchev–Trinajstić information content (AvgIpc) is 2.85. The maximum absolute atomic E-state index is 5.98. The number of nitrogens with two attached hydrogens (primary N) is 1. The van der Waals surface area contributed by atoms with Crippen LogP contribution in [-0.2, 0) is 10.3 Å². The molecule has 1 aliphatic rings. The smallest absolute Gasteiger partial charge is 0.125 e. The van der Waals surface area contributed by atoms with Crippen molar-refractivity contribution in [1.82, 2.24) is 4.98 Å². The Kier molecular flexibility index (Phi) is 3.62. The fourth-order valence-corrected chi connectivity index (χ4v) is 3.48. The summed E-state index contributed by atoms with van der Waals surface area (Å²) >= 11 is 1.70.